The molecule has 200 valence electrons. The molecule has 3 N–H and O–H groups in total. The number of aromatic amines is 1. The molecule has 0 saturated heterocycles. The molecule has 3 aromatic rings. The molecule has 0 aliphatic carbocycles. The maximum atomic E-state index is 12.8. The molecule has 0 saturated carbocycles. The van der Waals surface area contributed by atoms with Crippen LogP contribution in [0.5, 0.6) is 5.75 Å². The first-order chi connectivity index (χ1) is 17.7. The first kappa shape index (κ1) is 27.3. The molecule has 1 aliphatic heterocycles. The lowest BCUT2D eigenvalue weighted by Crippen LogP contribution is -2.40. The molecule has 0 fully saturated rings. The van der Waals surface area contributed by atoms with Gasteiger partial charge in [-0.3, -0.25) is 4.90 Å². The number of ether oxygens (including phenoxy) is 2. The van der Waals surface area contributed by atoms with Crippen LogP contribution >= 0.6 is 11.6 Å². The maximum absolute atomic E-state index is 12.8. The Morgan fingerprint density at radius 1 is 1.24 bits per heavy atom. The number of carbonyl (C=O) groups excluding carboxylic acids is 1. The maximum Gasteiger partial charge on any atom is 0.410 e. The van der Waals surface area contributed by atoms with Gasteiger partial charge < -0.3 is 19.6 Å². The van der Waals surface area contributed by atoms with Crippen molar-refractivity contribution in [1.82, 2.24) is 14.6 Å². The molecule has 9 nitrogen and oxygen atoms in total. The van der Waals surface area contributed by atoms with Crippen molar-refractivity contribution in [1.29, 1.82) is 0 Å². The van der Waals surface area contributed by atoms with Gasteiger partial charge in [-0.25, -0.2) is 17.9 Å². The van der Waals surface area contributed by atoms with Gasteiger partial charge in [0, 0.05) is 41.1 Å². The molecule has 2 heterocycles. The van der Waals surface area contributed by atoms with Gasteiger partial charge in [0.05, 0.1) is 25.1 Å². The van der Waals surface area contributed by atoms with Crippen LogP contribution in [0.4, 0.5) is 4.79 Å². The van der Waals surface area contributed by atoms with Crippen LogP contribution in [0.15, 0.2) is 42.5 Å². The van der Waals surface area contributed by atoms with E-state index < -0.39 is 16.1 Å². The highest BCUT2D eigenvalue weighted by Crippen LogP contribution is 2.39. The minimum atomic E-state index is -3.35. The number of hydrogen-bond donors (Lipinski definition) is 3. The Labute approximate surface area is 221 Å². The largest absolute Gasteiger partial charge is 0.493 e. The summed E-state index contributed by atoms with van der Waals surface area (Å²) in [6.45, 7) is 4.29. The van der Waals surface area contributed by atoms with Gasteiger partial charge in [-0.2, -0.15) is 0 Å². The first-order valence-corrected chi connectivity index (χ1v) is 14.4. The van der Waals surface area contributed by atoms with Crippen LogP contribution in [0, 0.1) is 0 Å². The fourth-order valence-corrected chi connectivity index (χ4v) is 5.32. The van der Waals surface area contributed by atoms with Gasteiger partial charge in [0.25, 0.3) is 0 Å². The lowest BCUT2D eigenvalue weighted by Gasteiger charge is -2.35. The van der Waals surface area contributed by atoms with Gasteiger partial charge in [-0.15, -0.1) is 0 Å². The molecule has 1 aliphatic rings. The molecule has 0 bridgehead atoms. The van der Waals surface area contributed by atoms with E-state index in [2.05, 4.69) is 9.71 Å². The van der Waals surface area contributed by atoms with Gasteiger partial charge in [-0.1, -0.05) is 23.7 Å². The predicted octanol–water partition coefficient (Wildman–Crippen LogP) is 3.99. The van der Waals surface area contributed by atoms with Crippen molar-refractivity contribution in [2.24, 2.45) is 0 Å². The van der Waals surface area contributed by atoms with Crippen LogP contribution in [0.3, 0.4) is 0 Å². The monoisotopic (exact) mass is 549 g/mol. The lowest BCUT2D eigenvalue weighted by atomic mass is 9.92. The molecule has 2 atom stereocenters. The number of hydrogen-bond acceptors (Lipinski definition) is 6. The van der Waals surface area contributed by atoms with E-state index in [-0.39, 0.29) is 44.1 Å². The Morgan fingerprint density at radius 3 is 2.70 bits per heavy atom. The Balaban J connectivity index is 1.50. The van der Waals surface area contributed by atoms with E-state index in [1.54, 1.807) is 11.8 Å². The van der Waals surface area contributed by atoms with Gasteiger partial charge in [0.1, 0.15) is 11.8 Å². The van der Waals surface area contributed by atoms with Gasteiger partial charge >= 0.3 is 6.09 Å². The van der Waals surface area contributed by atoms with Crippen molar-refractivity contribution in [3.8, 4) is 5.75 Å². The summed E-state index contributed by atoms with van der Waals surface area (Å²) in [7, 11) is -3.35. The Bertz CT molecular complexity index is 1340. The highest BCUT2D eigenvalue weighted by atomic mass is 35.5. The SMILES string of the molecule is CCOC(=O)N1CCc2c([nH]c3ccc(Cl)cc23)C1c1ccc(OCCC(O)CNS(=O)(=O)CC)cc1. The fourth-order valence-electron chi connectivity index (χ4n) is 4.50. The number of fused-ring (bicyclic) bond motifs is 3. The number of nitrogens with one attached hydrogen (secondary N) is 2. The van der Waals surface area contributed by atoms with Gasteiger partial charge in [-0.05, 0) is 61.7 Å². The number of nitrogens with zero attached hydrogens (tertiary/aromatic N) is 1. The highest BCUT2D eigenvalue weighted by molar-refractivity contribution is 7.89. The summed E-state index contributed by atoms with van der Waals surface area (Å²) in [5.74, 6) is 0.567. The summed E-state index contributed by atoms with van der Waals surface area (Å²) >= 11 is 6.26. The van der Waals surface area contributed by atoms with Gasteiger partial charge in [0.15, 0.2) is 0 Å². The summed E-state index contributed by atoms with van der Waals surface area (Å²) in [6, 6.07) is 12.8. The normalized spacial score (nSPS) is 16.4. The second-order valence-corrected chi connectivity index (χ2v) is 11.4. The number of aromatic nitrogens is 1. The molecule has 0 radical (unpaired) electrons. The van der Waals surface area contributed by atoms with E-state index in [0.29, 0.717) is 23.7 Å². The van der Waals surface area contributed by atoms with Crippen LogP contribution < -0.4 is 9.46 Å². The standard InChI is InChI=1S/C26H32ClN3O6S/c1-3-35-26(32)30-13-11-21-22-15-18(27)7-10-23(22)29-24(21)25(30)17-5-8-20(9-6-17)36-14-12-19(31)16-28-37(33,34)4-2/h5-10,15,19,25,28-29,31H,3-4,11-14,16H2,1-2H3. The lowest BCUT2D eigenvalue weighted by molar-refractivity contribution is 0.0932. The molecule has 1 amide bonds. The Kier molecular flexibility index (Phi) is 8.63. The number of amides is 1. The van der Waals surface area contributed by atoms with Crippen molar-refractivity contribution in [2.75, 3.05) is 32.1 Å². The number of sulfonamides is 1. The fraction of sp³-hybridized carbons (Fsp3) is 0.423. The Hall–Kier alpha value is -2.79. The van der Waals surface area contributed by atoms with E-state index in [4.69, 9.17) is 21.1 Å². The van der Waals surface area contributed by atoms with Crippen molar-refractivity contribution in [3.05, 3.63) is 64.3 Å². The number of benzene rings is 2. The molecule has 1 aromatic heterocycles. The quantitative estimate of drug-likeness (QED) is 0.351. The number of halogens is 1. The minimum Gasteiger partial charge on any atom is -0.493 e. The molecule has 37 heavy (non-hydrogen) atoms. The molecular formula is C26H32ClN3O6S. The number of rotatable bonds is 10. The molecule has 0 spiro atoms. The average molecular weight is 550 g/mol. The number of carbonyl (C=O) groups is 1. The summed E-state index contributed by atoms with van der Waals surface area (Å²) in [6.07, 6.45) is -0.269. The van der Waals surface area contributed by atoms with Crippen molar-refractivity contribution >= 4 is 38.6 Å². The van der Waals surface area contributed by atoms with E-state index in [1.807, 2.05) is 42.5 Å². The zero-order valence-corrected chi connectivity index (χ0v) is 22.4. The van der Waals surface area contributed by atoms with Crippen LogP contribution in [-0.2, 0) is 21.2 Å². The number of aliphatic hydroxyl groups is 1. The summed E-state index contributed by atoms with van der Waals surface area (Å²) in [5.41, 5.74) is 3.93. The first-order valence-electron chi connectivity index (χ1n) is 12.3. The Morgan fingerprint density at radius 2 is 2.00 bits per heavy atom. The van der Waals surface area contributed by atoms with Crippen molar-refractivity contribution < 1.29 is 27.8 Å². The average Bonchev–Trinajstić information content (AvgIpc) is 3.25. The molecule has 2 unspecified atom stereocenters. The van der Waals surface area contributed by atoms with Crippen LogP contribution in [0.1, 0.15) is 43.1 Å². The molecule has 2 aromatic carbocycles. The van der Waals surface area contributed by atoms with Crippen molar-refractivity contribution in [3.63, 3.8) is 0 Å². The number of H-pyrrole nitrogens is 1. The third-order valence-electron chi connectivity index (χ3n) is 6.43. The molecule has 4 rings (SSSR count). The third-order valence-corrected chi connectivity index (χ3v) is 8.03. The predicted molar refractivity (Wildman–Crippen MR) is 143 cm³/mol. The summed E-state index contributed by atoms with van der Waals surface area (Å²) in [5, 5.41) is 11.7. The topological polar surface area (TPSA) is 121 Å². The van der Waals surface area contributed by atoms with E-state index >= 15 is 0 Å². The van der Waals surface area contributed by atoms with E-state index in [9.17, 15) is 18.3 Å². The summed E-state index contributed by atoms with van der Waals surface area (Å²) in [4.78, 5) is 18.1. The zero-order valence-electron chi connectivity index (χ0n) is 20.9. The third kappa shape index (κ3) is 6.38. The number of aliphatic hydroxyl groups excluding tert-OH is 1. The highest BCUT2D eigenvalue weighted by Gasteiger charge is 2.35. The summed E-state index contributed by atoms with van der Waals surface area (Å²) < 4.78 is 36.5. The molecular weight excluding hydrogens is 518 g/mol. The van der Waals surface area contributed by atoms with E-state index in [1.165, 1.54) is 6.92 Å². The smallest absolute Gasteiger partial charge is 0.410 e. The van der Waals surface area contributed by atoms with Crippen molar-refractivity contribution in [2.45, 2.75) is 38.8 Å². The molecule has 11 heteroatoms. The van der Waals surface area contributed by atoms with Crippen LogP contribution in [0.2, 0.25) is 5.02 Å². The van der Waals surface area contributed by atoms with Crippen LogP contribution in [0.25, 0.3) is 10.9 Å². The minimum absolute atomic E-state index is 0.0368. The van der Waals surface area contributed by atoms with E-state index in [0.717, 1.165) is 27.7 Å². The second-order valence-electron chi connectivity index (χ2n) is 8.86. The van der Waals surface area contributed by atoms with Crippen LogP contribution in [-0.4, -0.2) is 67.7 Å². The zero-order chi connectivity index (χ0) is 26.6. The second kappa shape index (κ2) is 11.7. The van der Waals surface area contributed by atoms with Gasteiger partial charge in [0.2, 0.25) is 10.0 Å².